The predicted octanol–water partition coefficient (Wildman–Crippen LogP) is 2.77. The molecule has 98 valence electrons. The average Bonchev–Trinajstić information content (AvgIpc) is 2.40. The fourth-order valence-electron chi connectivity index (χ4n) is 2.42. The molecule has 1 fully saturated rings. The molecule has 1 aliphatic heterocycles. The van der Waals surface area contributed by atoms with E-state index in [0.717, 1.165) is 25.9 Å². The Hall–Kier alpha value is -1.51. The van der Waals surface area contributed by atoms with Crippen molar-refractivity contribution >= 4 is 11.7 Å². The number of carbonyl (C=O) groups is 1. The van der Waals surface area contributed by atoms with Gasteiger partial charge in [0, 0.05) is 18.8 Å². The molecule has 0 saturated carbocycles. The molecule has 1 heterocycles. The van der Waals surface area contributed by atoms with Crippen LogP contribution < -0.4 is 4.90 Å². The first-order valence-corrected chi connectivity index (χ1v) is 6.69. The maximum absolute atomic E-state index is 11.8. The van der Waals surface area contributed by atoms with Gasteiger partial charge in [-0.2, -0.15) is 0 Å². The fourth-order valence-corrected chi connectivity index (χ4v) is 2.42. The summed E-state index contributed by atoms with van der Waals surface area (Å²) in [6.45, 7) is 6.22. The van der Waals surface area contributed by atoms with Gasteiger partial charge in [-0.3, -0.25) is 4.79 Å². The van der Waals surface area contributed by atoms with Crippen molar-refractivity contribution in [2.75, 3.05) is 24.6 Å². The number of hydrogen-bond donors (Lipinski definition) is 0. The minimum absolute atomic E-state index is 0.0278. The van der Waals surface area contributed by atoms with Crippen LogP contribution in [0.5, 0.6) is 0 Å². The van der Waals surface area contributed by atoms with Gasteiger partial charge in [0.05, 0.1) is 12.5 Å². The van der Waals surface area contributed by atoms with Crippen LogP contribution in [0.3, 0.4) is 0 Å². The van der Waals surface area contributed by atoms with Crippen LogP contribution in [0.15, 0.2) is 24.3 Å². The van der Waals surface area contributed by atoms with Gasteiger partial charge >= 0.3 is 5.97 Å². The number of esters is 1. The highest BCUT2D eigenvalue weighted by Gasteiger charge is 2.26. The predicted molar refractivity (Wildman–Crippen MR) is 72.7 cm³/mol. The quantitative estimate of drug-likeness (QED) is 0.769. The highest BCUT2D eigenvalue weighted by atomic mass is 16.5. The number of benzene rings is 1. The fraction of sp³-hybridized carbons (Fsp3) is 0.533. The van der Waals surface area contributed by atoms with Crippen molar-refractivity contribution in [2.45, 2.75) is 26.7 Å². The van der Waals surface area contributed by atoms with E-state index in [1.54, 1.807) is 0 Å². The molecule has 0 aliphatic carbocycles. The molecule has 0 aromatic heterocycles. The van der Waals surface area contributed by atoms with Gasteiger partial charge in [-0.15, -0.1) is 0 Å². The van der Waals surface area contributed by atoms with Crippen LogP contribution >= 0.6 is 0 Å². The molecule has 1 aromatic carbocycles. The molecule has 18 heavy (non-hydrogen) atoms. The Kier molecular flexibility index (Phi) is 4.24. The van der Waals surface area contributed by atoms with E-state index in [9.17, 15) is 4.79 Å². The Labute approximate surface area is 109 Å². The number of piperidine rings is 1. The van der Waals surface area contributed by atoms with E-state index in [0.29, 0.717) is 6.61 Å². The summed E-state index contributed by atoms with van der Waals surface area (Å²) in [7, 11) is 0. The van der Waals surface area contributed by atoms with Gasteiger partial charge in [0.15, 0.2) is 0 Å². The van der Waals surface area contributed by atoms with Gasteiger partial charge in [-0.05, 0) is 38.8 Å². The zero-order valence-corrected chi connectivity index (χ0v) is 11.2. The topological polar surface area (TPSA) is 29.5 Å². The third kappa shape index (κ3) is 3.03. The second kappa shape index (κ2) is 5.89. The number of aryl methyl sites for hydroxylation is 1. The number of ether oxygens (including phenoxy) is 1. The molecule has 0 radical (unpaired) electrons. The SMILES string of the molecule is CCOC(=O)C1CCCN(c2ccc(C)cc2)C1. The summed E-state index contributed by atoms with van der Waals surface area (Å²) in [6.07, 6.45) is 2.00. The summed E-state index contributed by atoms with van der Waals surface area (Å²) >= 11 is 0. The molecule has 0 N–H and O–H groups in total. The highest BCUT2D eigenvalue weighted by molar-refractivity contribution is 5.73. The Bertz CT molecular complexity index is 399. The second-order valence-corrected chi connectivity index (χ2v) is 4.87. The average molecular weight is 247 g/mol. The van der Waals surface area contributed by atoms with E-state index in [1.165, 1.54) is 11.3 Å². The summed E-state index contributed by atoms with van der Waals surface area (Å²) < 4.78 is 5.12. The molecule has 1 saturated heterocycles. The summed E-state index contributed by atoms with van der Waals surface area (Å²) in [4.78, 5) is 14.1. The number of carbonyl (C=O) groups excluding carboxylic acids is 1. The highest BCUT2D eigenvalue weighted by Crippen LogP contribution is 2.24. The lowest BCUT2D eigenvalue weighted by molar-refractivity contribution is -0.148. The Morgan fingerprint density at radius 2 is 2.11 bits per heavy atom. The largest absolute Gasteiger partial charge is 0.466 e. The molecular weight excluding hydrogens is 226 g/mol. The maximum atomic E-state index is 11.8. The molecular formula is C15H21NO2. The standard InChI is InChI=1S/C15H21NO2/c1-3-18-15(17)13-5-4-10-16(11-13)14-8-6-12(2)7-9-14/h6-9,13H,3-5,10-11H2,1-2H3. The van der Waals surface area contributed by atoms with Gasteiger partial charge in [-0.1, -0.05) is 17.7 Å². The molecule has 0 amide bonds. The molecule has 0 spiro atoms. The third-order valence-corrected chi connectivity index (χ3v) is 3.44. The smallest absolute Gasteiger partial charge is 0.310 e. The van der Waals surface area contributed by atoms with Crippen molar-refractivity contribution in [2.24, 2.45) is 5.92 Å². The van der Waals surface area contributed by atoms with Crippen molar-refractivity contribution in [3.05, 3.63) is 29.8 Å². The van der Waals surface area contributed by atoms with Crippen LogP contribution in [0.2, 0.25) is 0 Å². The number of nitrogens with zero attached hydrogens (tertiary/aromatic N) is 1. The first kappa shape index (κ1) is 12.9. The maximum Gasteiger partial charge on any atom is 0.310 e. The first-order valence-electron chi connectivity index (χ1n) is 6.69. The third-order valence-electron chi connectivity index (χ3n) is 3.44. The Balaban J connectivity index is 2.02. The number of rotatable bonds is 3. The number of anilines is 1. The molecule has 2 rings (SSSR count). The summed E-state index contributed by atoms with van der Waals surface area (Å²) in [5.74, 6) is -0.0192. The zero-order valence-electron chi connectivity index (χ0n) is 11.2. The molecule has 1 unspecified atom stereocenters. The normalized spacial score (nSPS) is 19.7. The molecule has 0 bridgehead atoms. The van der Waals surface area contributed by atoms with E-state index in [1.807, 2.05) is 6.92 Å². The van der Waals surface area contributed by atoms with Crippen LogP contribution in [0, 0.1) is 12.8 Å². The van der Waals surface area contributed by atoms with E-state index in [2.05, 4.69) is 36.1 Å². The Morgan fingerprint density at radius 3 is 2.78 bits per heavy atom. The molecule has 1 aliphatic rings. The minimum atomic E-state index is -0.0469. The molecule has 3 heteroatoms. The molecule has 3 nitrogen and oxygen atoms in total. The van der Waals surface area contributed by atoms with Crippen LogP contribution in [-0.2, 0) is 9.53 Å². The van der Waals surface area contributed by atoms with E-state index < -0.39 is 0 Å². The van der Waals surface area contributed by atoms with Gasteiger partial charge in [-0.25, -0.2) is 0 Å². The van der Waals surface area contributed by atoms with Crippen LogP contribution in [-0.4, -0.2) is 25.7 Å². The summed E-state index contributed by atoms with van der Waals surface area (Å²) in [6, 6.07) is 8.48. The zero-order chi connectivity index (χ0) is 13.0. The van der Waals surface area contributed by atoms with Gasteiger partial charge in [0.25, 0.3) is 0 Å². The lowest BCUT2D eigenvalue weighted by atomic mass is 9.97. The minimum Gasteiger partial charge on any atom is -0.466 e. The van der Waals surface area contributed by atoms with E-state index >= 15 is 0 Å². The van der Waals surface area contributed by atoms with E-state index in [-0.39, 0.29) is 11.9 Å². The summed E-state index contributed by atoms with van der Waals surface area (Å²) in [5.41, 5.74) is 2.47. The van der Waals surface area contributed by atoms with Gasteiger partial charge < -0.3 is 9.64 Å². The Morgan fingerprint density at radius 1 is 1.39 bits per heavy atom. The lowest BCUT2D eigenvalue weighted by Gasteiger charge is -2.33. The van der Waals surface area contributed by atoms with Crippen molar-refractivity contribution in [3.8, 4) is 0 Å². The van der Waals surface area contributed by atoms with Crippen LogP contribution in [0.25, 0.3) is 0 Å². The lowest BCUT2D eigenvalue weighted by Crippen LogP contribution is -2.39. The van der Waals surface area contributed by atoms with Crippen LogP contribution in [0.4, 0.5) is 5.69 Å². The number of hydrogen-bond acceptors (Lipinski definition) is 3. The summed E-state index contributed by atoms with van der Waals surface area (Å²) in [5, 5.41) is 0. The molecule has 1 aromatic rings. The van der Waals surface area contributed by atoms with E-state index in [4.69, 9.17) is 4.74 Å². The van der Waals surface area contributed by atoms with Crippen molar-refractivity contribution in [1.82, 2.24) is 0 Å². The molecule has 1 atom stereocenters. The van der Waals surface area contributed by atoms with Crippen molar-refractivity contribution in [1.29, 1.82) is 0 Å². The van der Waals surface area contributed by atoms with Gasteiger partial charge in [0.2, 0.25) is 0 Å². The monoisotopic (exact) mass is 247 g/mol. The van der Waals surface area contributed by atoms with Crippen molar-refractivity contribution in [3.63, 3.8) is 0 Å². The van der Waals surface area contributed by atoms with Gasteiger partial charge in [0.1, 0.15) is 0 Å². The second-order valence-electron chi connectivity index (χ2n) is 4.87. The van der Waals surface area contributed by atoms with Crippen LogP contribution in [0.1, 0.15) is 25.3 Å². The van der Waals surface area contributed by atoms with Crippen molar-refractivity contribution < 1.29 is 9.53 Å². The first-order chi connectivity index (χ1) is 8.70.